The van der Waals surface area contributed by atoms with E-state index < -0.39 is 23.5 Å². The topological polar surface area (TPSA) is 92.6 Å². The molecule has 1 saturated heterocycles. The van der Waals surface area contributed by atoms with Crippen molar-refractivity contribution in [3.05, 3.63) is 93.5 Å². The van der Waals surface area contributed by atoms with Crippen LogP contribution in [0.4, 0.5) is 0 Å². The van der Waals surface area contributed by atoms with Crippen LogP contribution in [0.2, 0.25) is 10.0 Å². The van der Waals surface area contributed by atoms with Gasteiger partial charge in [0.25, 0.3) is 11.7 Å². The number of carbonyl (C=O) groups is 2. The van der Waals surface area contributed by atoms with Gasteiger partial charge >= 0.3 is 0 Å². The van der Waals surface area contributed by atoms with Gasteiger partial charge in [0.15, 0.2) is 5.75 Å². The van der Waals surface area contributed by atoms with Gasteiger partial charge in [0.2, 0.25) is 0 Å². The molecule has 1 fully saturated rings. The molecule has 0 aliphatic carbocycles. The van der Waals surface area contributed by atoms with Crippen LogP contribution in [-0.4, -0.2) is 38.8 Å². The molecule has 0 saturated carbocycles. The van der Waals surface area contributed by atoms with Crippen LogP contribution < -0.4 is 4.74 Å². The zero-order valence-corrected chi connectivity index (χ0v) is 18.3. The smallest absolute Gasteiger partial charge is 0.296 e. The Morgan fingerprint density at radius 2 is 1.72 bits per heavy atom. The molecule has 1 amide bonds. The van der Waals surface area contributed by atoms with Crippen molar-refractivity contribution in [2.24, 2.45) is 0 Å². The van der Waals surface area contributed by atoms with Crippen molar-refractivity contribution in [3.63, 3.8) is 0 Å². The number of rotatable bonds is 5. The molecule has 1 atom stereocenters. The predicted molar refractivity (Wildman–Crippen MR) is 119 cm³/mol. The second-order valence-corrected chi connectivity index (χ2v) is 7.79. The third-order valence-electron chi connectivity index (χ3n) is 5.04. The molecule has 162 valence electrons. The molecular weight excluding hydrogens is 453 g/mol. The summed E-state index contributed by atoms with van der Waals surface area (Å²) in [6, 6.07) is 12.4. The minimum atomic E-state index is -0.919. The minimum Gasteiger partial charge on any atom is -0.507 e. The standard InChI is InChI=1S/C23H17Cl2N3O4/c1-32-22-15(24)10-13(11-16(22)25)20(29)18-19(17-7-3-5-9-27-17)28(23(31)21(18)30)12-14-6-2-4-8-26-14/h2-11,19,29H,12H2,1H3/b20-18+. The summed E-state index contributed by atoms with van der Waals surface area (Å²) in [6.07, 6.45) is 3.15. The molecule has 9 heteroatoms. The summed E-state index contributed by atoms with van der Waals surface area (Å²) in [5.74, 6) is -1.77. The number of Topliss-reactive ketones (excluding diaryl/α,β-unsaturated/α-hetero) is 1. The first kappa shape index (κ1) is 21.8. The number of ether oxygens (including phenoxy) is 1. The minimum absolute atomic E-state index is 0.0631. The van der Waals surface area contributed by atoms with Gasteiger partial charge in [0, 0.05) is 18.0 Å². The second kappa shape index (κ2) is 8.98. The lowest BCUT2D eigenvalue weighted by Crippen LogP contribution is -2.29. The maximum Gasteiger partial charge on any atom is 0.296 e. The van der Waals surface area contributed by atoms with Gasteiger partial charge in [-0.3, -0.25) is 19.6 Å². The normalized spacial score (nSPS) is 17.6. The summed E-state index contributed by atoms with van der Waals surface area (Å²) >= 11 is 12.4. The number of methoxy groups -OCH3 is 1. The average Bonchev–Trinajstić information content (AvgIpc) is 3.04. The molecule has 7 nitrogen and oxygen atoms in total. The fourth-order valence-corrected chi connectivity index (χ4v) is 4.24. The van der Waals surface area contributed by atoms with Crippen molar-refractivity contribution < 1.29 is 19.4 Å². The first-order chi connectivity index (χ1) is 15.4. The first-order valence-electron chi connectivity index (χ1n) is 9.55. The van der Waals surface area contributed by atoms with Crippen molar-refractivity contribution in [2.45, 2.75) is 12.6 Å². The van der Waals surface area contributed by atoms with E-state index in [2.05, 4.69) is 9.97 Å². The van der Waals surface area contributed by atoms with E-state index in [1.54, 1.807) is 48.8 Å². The molecule has 1 aromatic carbocycles. The molecule has 32 heavy (non-hydrogen) atoms. The van der Waals surface area contributed by atoms with Gasteiger partial charge in [-0.2, -0.15) is 0 Å². The third-order valence-corrected chi connectivity index (χ3v) is 5.60. The van der Waals surface area contributed by atoms with Crippen molar-refractivity contribution in [1.29, 1.82) is 0 Å². The van der Waals surface area contributed by atoms with Gasteiger partial charge in [0.1, 0.15) is 11.8 Å². The average molecular weight is 470 g/mol. The van der Waals surface area contributed by atoms with E-state index in [1.807, 2.05) is 0 Å². The van der Waals surface area contributed by atoms with E-state index in [4.69, 9.17) is 27.9 Å². The quantitative estimate of drug-likeness (QED) is 0.337. The van der Waals surface area contributed by atoms with Crippen LogP contribution in [0, 0.1) is 0 Å². The maximum atomic E-state index is 13.0. The zero-order valence-electron chi connectivity index (χ0n) is 16.8. The molecule has 1 aliphatic rings. The first-order valence-corrected chi connectivity index (χ1v) is 10.3. The molecule has 1 unspecified atom stereocenters. The van der Waals surface area contributed by atoms with Crippen LogP contribution in [-0.2, 0) is 16.1 Å². The molecule has 3 aromatic rings. The summed E-state index contributed by atoms with van der Waals surface area (Å²) < 4.78 is 5.14. The number of aliphatic hydroxyl groups excluding tert-OH is 1. The Morgan fingerprint density at radius 3 is 2.28 bits per heavy atom. The van der Waals surface area contributed by atoms with E-state index in [1.165, 1.54) is 24.1 Å². The number of hydrogen-bond donors (Lipinski definition) is 1. The molecule has 0 spiro atoms. The molecule has 0 radical (unpaired) electrons. The predicted octanol–water partition coefficient (Wildman–Crippen LogP) is 4.41. The number of likely N-dealkylation sites (tertiary alicyclic amines) is 1. The van der Waals surface area contributed by atoms with Crippen LogP contribution in [0.25, 0.3) is 5.76 Å². The number of halogens is 2. The van der Waals surface area contributed by atoms with Crippen LogP contribution >= 0.6 is 23.2 Å². The Balaban J connectivity index is 1.87. The highest BCUT2D eigenvalue weighted by Gasteiger charge is 2.47. The van der Waals surface area contributed by atoms with Crippen molar-refractivity contribution in [1.82, 2.24) is 14.9 Å². The highest BCUT2D eigenvalue weighted by atomic mass is 35.5. The van der Waals surface area contributed by atoms with Gasteiger partial charge < -0.3 is 14.7 Å². The van der Waals surface area contributed by atoms with Crippen LogP contribution in [0.3, 0.4) is 0 Å². The summed E-state index contributed by atoms with van der Waals surface area (Å²) in [5, 5.41) is 11.4. The Labute approximate surface area is 193 Å². The van der Waals surface area contributed by atoms with Gasteiger partial charge in [-0.1, -0.05) is 35.3 Å². The lowest BCUT2D eigenvalue weighted by atomic mass is 9.98. The number of nitrogens with zero attached hydrogens (tertiary/aromatic N) is 3. The van der Waals surface area contributed by atoms with E-state index in [0.717, 1.165) is 0 Å². The van der Waals surface area contributed by atoms with E-state index in [-0.39, 0.29) is 33.5 Å². The fraction of sp³-hybridized carbons (Fsp3) is 0.130. The van der Waals surface area contributed by atoms with Crippen molar-refractivity contribution in [2.75, 3.05) is 7.11 Å². The third kappa shape index (κ3) is 3.92. The number of ketones is 1. The molecule has 4 rings (SSSR count). The summed E-state index contributed by atoms with van der Waals surface area (Å²) in [7, 11) is 1.41. The Morgan fingerprint density at radius 1 is 1.06 bits per heavy atom. The van der Waals surface area contributed by atoms with Crippen molar-refractivity contribution >= 4 is 40.7 Å². The van der Waals surface area contributed by atoms with Crippen LogP contribution in [0.5, 0.6) is 5.75 Å². The van der Waals surface area contributed by atoms with Gasteiger partial charge in [-0.25, -0.2) is 0 Å². The lowest BCUT2D eigenvalue weighted by Gasteiger charge is -2.24. The van der Waals surface area contributed by atoms with Crippen LogP contribution in [0.15, 0.2) is 66.5 Å². The number of pyridine rings is 2. The van der Waals surface area contributed by atoms with E-state index in [0.29, 0.717) is 11.4 Å². The number of carbonyl (C=O) groups excluding carboxylic acids is 2. The number of benzene rings is 1. The highest BCUT2D eigenvalue weighted by molar-refractivity contribution is 6.46. The summed E-state index contributed by atoms with van der Waals surface area (Å²) in [5.41, 5.74) is 1.08. The van der Waals surface area contributed by atoms with E-state index >= 15 is 0 Å². The molecule has 3 heterocycles. The van der Waals surface area contributed by atoms with Gasteiger partial charge in [-0.15, -0.1) is 0 Å². The van der Waals surface area contributed by atoms with Gasteiger partial charge in [-0.05, 0) is 36.4 Å². The number of aliphatic hydroxyl groups is 1. The Kier molecular flexibility index (Phi) is 6.12. The summed E-state index contributed by atoms with van der Waals surface area (Å²) in [4.78, 5) is 35.9. The fourth-order valence-electron chi connectivity index (χ4n) is 3.60. The largest absolute Gasteiger partial charge is 0.507 e. The Bertz CT molecular complexity index is 1190. The zero-order chi connectivity index (χ0) is 22.8. The summed E-state index contributed by atoms with van der Waals surface area (Å²) in [6.45, 7) is 0.0631. The van der Waals surface area contributed by atoms with Crippen molar-refractivity contribution in [3.8, 4) is 5.75 Å². The second-order valence-electron chi connectivity index (χ2n) is 6.98. The maximum absolute atomic E-state index is 13.0. The molecule has 1 aliphatic heterocycles. The SMILES string of the molecule is COc1c(Cl)cc(/C(O)=C2\C(=O)C(=O)N(Cc3ccccn3)C2c2ccccn2)cc1Cl. The molecule has 0 bridgehead atoms. The van der Waals surface area contributed by atoms with E-state index in [9.17, 15) is 14.7 Å². The Hall–Kier alpha value is -3.42. The van der Waals surface area contributed by atoms with Crippen LogP contribution in [0.1, 0.15) is 23.0 Å². The highest BCUT2D eigenvalue weighted by Crippen LogP contribution is 2.41. The van der Waals surface area contributed by atoms with Gasteiger partial charge in [0.05, 0.1) is 40.7 Å². The molecule has 2 aromatic heterocycles. The molecule has 1 N–H and O–H groups in total. The monoisotopic (exact) mass is 469 g/mol. The number of hydrogen-bond acceptors (Lipinski definition) is 6. The lowest BCUT2D eigenvalue weighted by molar-refractivity contribution is -0.140. The molecular formula is C23H17Cl2N3O4. The number of aromatic nitrogens is 2. The number of amides is 1.